The summed E-state index contributed by atoms with van der Waals surface area (Å²) < 4.78 is 9.55. The lowest BCUT2D eigenvalue weighted by molar-refractivity contribution is -0.141. The lowest BCUT2D eigenvalue weighted by atomic mass is 9.86. The standard InChI is InChI=1S/C50H72N4O4/c1-34-35(2)42-30-43-36(3)39(25-21-17-13-9-11-15-19-23-27-48(55)57-7)45(53-43)31-46-40(26-22-18-14-10-12-16-20-24-28-49(56)58-8)37(4)44(54-46)32-47-50(5,6)33-38(51-47)29-41(34)52-42/h29-32,53-54H,9-28,33H2,1-8H3. The molecule has 0 radical (unpaired) electrons. The molecular weight excluding hydrogens is 721 g/mol. The summed E-state index contributed by atoms with van der Waals surface area (Å²) in [7, 11) is 2.93. The number of nitrogens with zero attached hydrogens (tertiary/aromatic N) is 2. The van der Waals surface area contributed by atoms with Crippen molar-refractivity contribution in [1.29, 1.82) is 0 Å². The Morgan fingerprint density at radius 3 is 1.43 bits per heavy atom. The number of carbonyl (C=O) groups excluding carboxylic acids is 2. The van der Waals surface area contributed by atoms with Crippen LogP contribution in [0.1, 0.15) is 188 Å². The Bertz CT molecular complexity index is 2070. The summed E-state index contributed by atoms with van der Waals surface area (Å²) in [6, 6.07) is 9.18. The number of aryl methyl sites for hydroxylation is 4. The molecule has 0 amide bonds. The summed E-state index contributed by atoms with van der Waals surface area (Å²) in [6.07, 6.45) is 22.6. The first-order chi connectivity index (χ1) is 27.9. The van der Waals surface area contributed by atoms with Gasteiger partial charge in [0.1, 0.15) is 0 Å². The lowest BCUT2D eigenvalue weighted by Gasteiger charge is -2.15. The zero-order chi connectivity index (χ0) is 41.7. The van der Waals surface area contributed by atoms with Crippen molar-refractivity contribution in [2.45, 2.75) is 182 Å². The van der Waals surface area contributed by atoms with Crippen LogP contribution in [-0.2, 0) is 43.7 Å². The molecule has 5 rings (SSSR count). The Morgan fingerprint density at radius 1 is 0.552 bits per heavy atom. The predicted molar refractivity (Wildman–Crippen MR) is 240 cm³/mol. The van der Waals surface area contributed by atoms with Crippen molar-refractivity contribution in [3.8, 4) is 0 Å². The molecule has 0 aliphatic carbocycles. The fraction of sp³-hybridized carbons (Fsp3) is 0.600. The highest BCUT2D eigenvalue weighted by Crippen LogP contribution is 2.35. The number of esters is 2. The van der Waals surface area contributed by atoms with Crippen molar-refractivity contribution in [2.24, 2.45) is 0 Å². The van der Waals surface area contributed by atoms with Crippen molar-refractivity contribution >= 4 is 45.2 Å². The van der Waals surface area contributed by atoms with E-state index in [1.165, 1.54) is 123 Å². The number of nitrogens with one attached hydrogen (secondary N) is 2. The van der Waals surface area contributed by atoms with Crippen molar-refractivity contribution in [3.05, 3.63) is 69.3 Å². The van der Waals surface area contributed by atoms with Gasteiger partial charge in [-0.1, -0.05) is 90.9 Å². The highest BCUT2D eigenvalue weighted by atomic mass is 16.5. The number of fused-ring (bicyclic) bond motifs is 8. The molecule has 0 saturated carbocycles. The molecule has 2 aliphatic heterocycles. The van der Waals surface area contributed by atoms with Gasteiger partial charge in [-0.25, -0.2) is 4.98 Å². The zero-order valence-electron chi connectivity index (χ0n) is 37.2. The smallest absolute Gasteiger partial charge is 0.305 e. The second-order valence-corrected chi connectivity index (χ2v) is 17.7. The van der Waals surface area contributed by atoms with Crippen LogP contribution in [0, 0.1) is 13.8 Å². The third-order valence-electron chi connectivity index (χ3n) is 12.8. The van der Waals surface area contributed by atoms with Crippen LogP contribution in [0.25, 0.3) is 33.2 Å². The van der Waals surface area contributed by atoms with Crippen LogP contribution < -0.4 is 0 Å². The molecule has 8 nitrogen and oxygen atoms in total. The van der Waals surface area contributed by atoms with E-state index in [4.69, 9.17) is 19.4 Å². The average Bonchev–Trinajstić information content (AvgIpc) is 3.85. The Balaban J connectivity index is 1.40. The summed E-state index contributed by atoms with van der Waals surface area (Å²) in [5.41, 5.74) is 16.8. The molecule has 0 aromatic carbocycles. The molecule has 2 N–H and O–H groups in total. The van der Waals surface area contributed by atoms with E-state index in [1.54, 1.807) is 0 Å². The van der Waals surface area contributed by atoms with E-state index < -0.39 is 0 Å². The number of ether oxygens (including phenoxy) is 2. The summed E-state index contributed by atoms with van der Waals surface area (Å²) in [6.45, 7) is 13.6. The second kappa shape index (κ2) is 21.7. The maximum absolute atomic E-state index is 11.4. The van der Waals surface area contributed by atoms with Crippen LogP contribution in [0.15, 0.2) is 24.3 Å². The molecule has 3 aromatic rings. The number of unbranched alkanes of at least 4 members (excludes halogenated alkanes) is 14. The molecule has 8 heteroatoms. The van der Waals surface area contributed by atoms with Crippen molar-refractivity contribution in [1.82, 2.24) is 19.9 Å². The summed E-state index contributed by atoms with van der Waals surface area (Å²) in [5.74, 6) is -0.200. The number of hydrogen-bond donors (Lipinski definition) is 2. The minimum atomic E-state index is -0.100. The third-order valence-corrected chi connectivity index (χ3v) is 12.8. The van der Waals surface area contributed by atoms with Crippen molar-refractivity contribution < 1.29 is 19.1 Å². The van der Waals surface area contributed by atoms with Gasteiger partial charge in [0, 0.05) is 58.1 Å². The predicted octanol–water partition coefficient (Wildman–Crippen LogP) is 12.9. The first-order valence-electron chi connectivity index (χ1n) is 22.5. The molecule has 5 heterocycles. The van der Waals surface area contributed by atoms with Gasteiger partial charge in [0.2, 0.25) is 0 Å². The molecule has 316 valence electrons. The number of aromatic nitrogens is 4. The molecular formula is C50H72N4O4. The second-order valence-electron chi connectivity index (χ2n) is 17.7. The van der Waals surface area contributed by atoms with Gasteiger partial charge in [0.15, 0.2) is 0 Å². The van der Waals surface area contributed by atoms with Crippen LogP contribution in [0.4, 0.5) is 0 Å². The minimum Gasteiger partial charge on any atom is -0.469 e. The normalized spacial score (nSPS) is 13.7. The lowest BCUT2D eigenvalue weighted by Crippen LogP contribution is -2.15. The Morgan fingerprint density at radius 2 is 0.966 bits per heavy atom. The van der Waals surface area contributed by atoms with Crippen LogP contribution in [0.3, 0.4) is 0 Å². The Labute approximate surface area is 348 Å². The van der Waals surface area contributed by atoms with Gasteiger partial charge in [-0.15, -0.1) is 0 Å². The fourth-order valence-corrected chi connectivity index (χ4v) is 8.74. The van der Waals surface area contributed by atoms with Gasteiger partial charge in [0.05, 0.1) is 25.6 Å². The molecule has 8 bridgehead atoms. The largest absolute Gasteiger partial charge is 0.469 e. The first-order valence-corrected chi connectivity index (χ1v) is 22.5. The maximum atomic E-state index is 11.4. The van der Waals surface area contributed by atoms with Crippen molar-refractivity contribution in [3.63, 3.8) is 0 Å². The van der Waals surface area contributed by atoms with Gasteiger partial charge < -0.3 is 19.4 Å². The highest BCUT2D eigenvalue weighted by molar-refractivity contribution is 5.91. The van der Waals surface area contributed by atoms with E-state index in [1.807, 2.05) is 0 Å². The quantitative estimate of drug-likeness (QED) is 0.0774. The summed E-state index contributed by atoms with van der Waals surface area (Å²) >= 11 is 0. The molecule has 0 atom stereocenters. The molecule has 0 unspecified atom stereocenters. The summed E-state index contributed by atoms with van der Waals surface area (Å²) in [4.78, 5) is 41.0. The van der Waals surface area contributed by atoms with E-state index >= 15 is 0 Å². The van der Waals surface area contributed by atoms with E-state index in [-0.39, 0.29) is 17.4 Å². The first kappa shape index (κ1) is 44.9. The van der Waals surface area contributed by atoms with Crippen LogP contribution >= 0.6 is 0 Å². The summed E-state index contributed by atoms with van der Waals surface area (Å²) in [5, 5.41) is 0. The topological polar surface area (TPSA) is 110 Å². The van der Waals surface area contributed by atoms with Gasteiger partial charge >= 0.3 is 11.9 Å². The Kier molecular flexibility index (Phi) is 16.8. The van der Waals surface area contributed by atoms with Gasteiger partial charge in [-0.2, -0.15) is 0 Å². The van der Waals surface area contributed by atoms with E-state index in [2.05, 4.69) is 75.8 Å². The van der Waals surface area contributed by atoms with Crippen LogP contribution in [0.2, 0.25) is 0 Å². The number of rotatable bonds is 22. The number of carbonyl (C=O) groups is 2. The van der Waals surface area contributed by atoms with Crippen molar-refractivity contribution in [2.75, 3.05) is 14.2 Å². The number of H-pyrrole nitrogens is 2. The maximum Gasteiger partial charge on any atom is 0.305 e. The zero-order valence-corrected chi connectivity index (χ0v) is 37.2. The number of hydrogen-bond acceptors (Lipinski definition) is 6. The minimum absolute atomic E-state index is 0.0755. The number of aromatic amines is 2. The molecule has 0 fully saturated rings. The SMILES string of the molecule is COC(=O)CCCCCCCCCCc1c(C)c2cc3nc(cc4nc(cc5[nH]c(cc1[nH]2)c(CCCCCCCCCCC(=O)OC)c5C)C(C)(C)C4)C(C)=C3C. The van der Waals surface area contributed by atoms with E-state index in [0.29, 0.717) is 12.8 Å². The average molecular weight is 793 g/mol. The molecule has 2 aliphatic rings. The molecule has 58 heavy (non-hydrogen) atoms. The van der Waals surface area contributed by atoms with Crippen LogP contribution in [0.5, 0.6) is 0 Å². The van der Waals surface area contributed by atoms with E-state index in [0.717, 1.165) is 91.6 Å². The molecule has 3 aromatic heterocycles. The van der Waals surface area contributed by atoms with Gasteiger partial charge in [-0.3, -0.25) is 14.6 Å². The number of methoxy groups -OCH3 is 2. The monoisotopic (exact) mass is 793 g/mol. The Hall–Kier alpha value is -4.20. The number of allylic oxidation sites excluding steroid dienone is 2. The van der Waals surface area contributed by atoms with Crippen LogP contribution in [-0.4, -0.2) is 46.1 Å². The fourth-order valence-electron chi connectivity index (χ4n) is 8.74. The molecule has 0 saturated heterocycles. The molecule has 0 spiro atoms. The van der Waals surface area contributed by atoms with Gasteiger partial charge in [-0.05, 0) is 124 Å². The third kappa shape index (κ3) is 12.2. The van der Waals surface area contributed by atoms with Gasteiger partial charge in [0.25, 0.3) is 0 Å². The highest BCUT2D eigenvalue weighted by Gasteiger charge is 2.29. The van der Waals surface area contributed by atoms with E-state index in [9.17, 15) is 9.59 Å².